The smallest absolute Gasteiger partial charge is 0.417 e. The third kappa shape index (κ3) is 4.80. The molecule has 1 N–H and O–H groups in total. The molecule has 0 saturated carbocycles. The van der Waals surface area contributed by atoms with Crippen LogP contribution in [0.25, 0.3) is 10.8 Å². The normalized spacial score (nSPS) is 11.4. The molecule has 0 saturated heterocycles. The largest absolute Gasteiger partial charge is 0.493 e. The predicted molar refractivity (Wildman–Crippen MR) is 103 cm³/mol. The fraction of sp³-hybridized carbons (Fsp3) is 0.227. The lowest BCUT2D eigenvalue weighted by molar-refractivity contribution is -0.137. The van der Waals surface area contributed by atoms with Crippen LogP contribution in [0.1, 0.15) is 24.5 Å². The van der Waals surface area contributed by atoms with Crippen molar-refractivity contribution in [1.29, 1.82) is 0 Å². The summed E-state index contributed by atoms with van der Waals surface area (Å²) in [6.07, 6.45) is -4.20. The van der Waals surface area contributed by atoms with Gasteiger partial charge in [-0.15, -0.1) is 0 Å². The van der Waals surface area contributed by atoms with Gasteiger partial charge in [0.15, 0.2) is 0 Å². The number of benzene rings is 3. The van der Waals surface area contributed by atoms with Gasteiger partial charge in [0.1, 0.15) is 17.2 Å². The number of carboxylic acid groups (broad SMARTS) is 1. The lowest BCUT2D eigenvalue weighted by Crippen LogP contribution is -2.06. The average Bonchev–Trinajstić information content (AvgIpc) is 2.67. The van der Waals surface area contributed by atoms with Crippen molar-refractivity contribution in [1.82, 2.24) is 0 Å². The SMILES string of the molecule is CCOc1cc(Oc2ccc(C(F)(F)F)c3ccccc23)ccc1CCC(=O)O. The Hall–Kier alpha value is -3.22. The molecule has 0 aliphatic heterocycles. The van der Waals surface area contributed by atoms with Crippen molar-refractivity contribution in [2.75, 3.05) is 6.61 Å². The van der Waals surface area contributed by atoms with Crippen molar-refractivity contribution >= 4 is 16.7 Å². The minimum absolute atomic E-state index is 0.0379. The number of carboxylic acids is 1. The summed E-state index contributed by atoms with van der Waals surface area (Å²) < 4.78 is 51.3. The quantitative estimate of drug-likeness (QED) is 0.520. The van der Waals surface area contributed by atoms with Gasteiger partial charge in [-0.1, -0.05) is 30.3 Å². The Morgan fingerprint density at radius 1 is 1.00 bits per heavy atom. The highest BCUT2D eigenvalue weighted by molar-refractivity contribution is 5.91. The zero-order chi connectivity index (χ0) is 21.0. The first-order chi connectivity index (χ1) is 13.8. The standard InChI is InChI=1S/C22H19F3O4/c1-2-28-20-13-15(9-7-14(20)8-12-21(26)27)29-19-11-10-18(22(23,24)25)16-5-3-4-6-17(16)19/h3-7,9-11,13H,2,8,12H2,1H3,(H,26,27). The first-order valence-electron chi connectivity index (χ1n) is 9.04. The molecular formula is C22H19F3O4. The maximum atomic E-state index is 13.3. The zero-order valence-electron chi connectivity index (χ0n) is 15.6. The molecule has 29 heavy (non-hydrogen) atoms. The predicted octanol–water partition coefficient (Wildman–Crippen LogP) is 6.07. The van der Waals surface area contributed by atoms with Crippen molar-refractivity contribution < 1.29 is 32.5 Å². The van der Waals surface area contributed by atoms with E-state index in [0.717, 1.165) is 11.6 Å². The minimum Gasteiger partial charge on any atom is -0.493 e. The third-order valence-electron chi connectivity index (χ3n) is 4.36. The van der Waals surface area contributed by atoms with Crippen LogP contribution in [0.15, 0.2) is 54.6 Å². The molecule has 4 nitrogen and oxygen atoms in total. The van der Waals surface area contributed by atoms with Crippen LogP contribution in [0.5, 0.6) is 17.2 Å². The molecule has 0 fully saturated rings. The van der Waals surface area contributed by atoms with Crippen molar-refractivity contribution in [2.45, 2.75) is 25.9 Å². The monoisotopic (exact) mass is 404 g/mol. The molecule has 0 aliphatic carbocycles. The molecule has 0 aromatic heterocycles. The van der Waals surface area contributed by atoms with Gasteiger partial charge < -0.3 is 14.6 Å². The molecule has 0 atom stereocenters. The third-order valence-corrected chi connectivity index (χ3v) is 4.36. The molecule has 3 aromatic carbocycles. The minimum atomic E-state index is -4.47. The summed E-state index contributed by atoms with van der Waals surface area (Å²) >= 11 is 0. The fourth-order valence-corrected chi connectivity index (χ4v) is 3.07. The maximum absolute atomic E-state index is 13.3. The van der Waals surface area contributed by atoms with Gasteiger partial charge in [-0.3, -0.25) is 4.79 Å². The Kier molecular flexibility index (Phi) is 5.96. The van der Waals surface area contributed by atoms with Crippen LogP contribution in [0.2, 0.25) is 0 Å². The Morgan fingerprint density at radius 2 is 1.72 bits per heavy atom. The van der Waals surface area contributed by atoms with Crippen LogP contribution >= 0.6 is 0 Å². The number of hydrogen-bond acceptors (Lipinski definition) is 3. The molecule has 0 amide bonds. The van der Waals surface area contributed by atoms with Crippen LogP contribution in [-0.2, 0) is 17.4 Å². The molecule has 3 rings (SSSR count). The van der Waals surface area contributed by atoms with Gasteiger partial charge in [0.05, 0.1) is 12.2 Å². The Balaban J connectivity index is 1.96. The number of ether oxygens (including phenoxy) is 2. The van der Waals surface area contributed by atoms with Gasteiger partial charge >= 0.3 is 12.1 Å². The number of aliphatic carboxylic acids is 1. The second-order valence-corrected chi connectivity index (χ2v) is 6.35. The molecule has 0 aliphatic rings. The lowest BCUT2D eigenvalue weighted by Gasteiger charge is -2.16. The van der Waals surface area contributed by atoms with Crippen LogP contribution in [0, 0.1) is 0 Å². The summed E-state index contributed by atoms with van der Waals surface area (Å²) in [4.78, 5) is 10.8. The van der Waals surface area contributed by atoms with E-state index in [4.69, 9.17) is 14.6 Å². The summed E-state index contributed by atoms with van der Waals surface area (Å²) in [6.45, 7) is 2.19. The highest BCUT2D eigenvalue weighted by Crippen LogP contribution is 2.40. The number of rotatable bonds is 7. The zero-order valence-corrected chi connectivity index (χ0v) is 15.6. The molecule has 3 aromatic rings. The molecule has 0 radical (unpaired) electrons. The van der Waals surface area contributed by atoms with E-state index in [1.54, 1.807) is 43.3 Å². The summed E-state index contributed by atoms with van der Waals surface area (Å²) in [6, 6.07) is 13.4. The van der Waals surface area contributed by atoms with E-state index < -0.39 is 17.7 Å². The maximum Gasteiger partial charge on any atom is 0.417 e. The first kappa shape index (κ1) is 20.5. The van der Waals surface area contributed by atoms with Gasteiger partial charge in [-0.2, -0.15) is 13.2 Å². The number of hydrogen-bond donors (Lipinski definition) is 1. The second-order valence-electron chi connectivity index (χ2n) is 6.35. The summed E-state index contributed by atoms with van der Waals surface area (Å²) in [5, 5.41) is 9.28. The number of alkyl halides is 3. The average molecular weight is 404 g/mol. The summed E-state index contributed by atoms with van der Waals surface area (Å²) in [5.41, 5.74) is -0.00153. The van der Waals surface area contributed by atoms with Gasteiger partial charge in [0, 0.05) is 17.9 Å². The van der Waals surface area contributed by atoms with Crippen molar-refractivity contribution in [3.63, 3.8) is 0 Å². The van der Waals surface area contributed by atoms with E-state index >= 15 is 0 Å². The van der Waals surface area contributed by atoms with Crippen LogP contribution in [0.4, 0.5) is 13.2 Å². The first-order valence-corrected chi connectivity index (χ1v) is 9.04. The highest BCUT2D eigenvalue weighted by atomic mass is 19.4. The Morgan fingerprint density at radius 3 is 2.38 bits per heavy atom. The van der Waals surface area contributed by atoms with Gasteiger partial charge in [-0.05, 0) is 42.5 Å². The van der Waals surface area contributed by atoms with E-state index in [1.165, 1.54) is 12.1 Å². The lowest BCUT2D eigenvalue weighted by atomic mass is 10.0. The molecule has 0 bridgehead atoms. The van der Waals surface area contributed by atoms with Crippen molar-refractivity contribution in [3.05, 3.63) is 65.7 Å². The van der Waals surface area contributed by atoms with Crippen molar-refractivity contribution in [3.8, 4) is 17.2 Å². The van der Waals surface area contributed by atoms with Crippen LogP contribution in [0.3, 0.4) is 0 Å². The molecular weight excluding hydrogens is 385 g/mol. The number of carbonyl (C=O) groups is 1. The molecule has 152 valence electrons. The van der Waals surface area contributed by atoms with E-state index in [1.807, 2.05) is 0 Å². The van der Waals surface area contributed by atoms with E-state index in [0.29, 0.717) is 29.9 Å². The highest BCUT2D eigenvalue weighted by Gasteiger charge is 2.33. The molecule has 0 heterocycles. The number of halogens is 3. The number of fused-ring (bicyclic) bond motifs is 1. The Labute approximate surface area is 165 Å². The Bertz CT molecular complexity index is 1030. The second kappa shape index (κ2) is 8.43. The molecule has 0 spiro atoms. The number of aryl methyl sites for hydroxylation is 1. The van der Waals surface area contributed by atoms with Crippen molar-refractivity contribution in [2.24, 2.45) is 0 Å². The van der Waals surface area contributed by atoms with Gasteiger partial charge in [-0.25, -0.2) is 0 Å². The van der Waals surface area contributed by atoms with Crippen LogP contribution in [-0.4, -0.2) is 17.7 Å². The van der Waals surface area contributed by atoms with E-state index in [2.05, 4.69) is 0 Å². The topological polar surface area (TPSA) is 55.8 Å². The fourth-order valence-electron chi connectivity index (χ4n) is 3.07. The summed E-state index contributed by atoms with van der Waals surface area (Å²) in [7, 11) is 0. The molecule has 0 unspecified atom stereocenters. The van der Waals surface area contributed by atoms with E-state index in [9.17, 15) is 18.0 Å². The van der Waals surface area contributed by atoms with E-state index in [-0.39, 0.29) is 17.6 Å². The van der Waals surface area contributed by atoms with Crippen LogP contribution < -0.4 is 9.47 Å². The molecule has 7 heteroatoms. The summed E-state index contributed by atoms with van der Waals surface area (Å²) in [5.74, 6) is 0.248. The van der Waals surface area contributed by atoms with Gasteiger partial charge in [0.25, 0.3) is 0 Å². The van der Waals surface area contributed by atoms with Gasteiger partial charge in [0.2, 0.25) is 0 Å².